The molecular formula is C133H209NW7. The SMILES string of the molecule is CC(C)(C)[C-]=CC=[C-]C(C)(C)C.CC(C)(C)[C-]=CC=[C-]C(C)(C)C.CC(C)(C)c1cc2ccccc2cc1C(C)(C)C.CC(C)(C)c1ccc(C(C)(C)C)c2ccccc12.CC(C)(C)c1ccc(C(C)(C)C)nc1.[CH-]=C(C=[C-]C(C)(C)C)C(C)(C)C.[CH-]=C(C=[C-]C(C)(C)C)C(C)(C)C.[CH-]=CC(=[C-]C(C)(C)C)C(C)(C)C.[CH-]=CC(=[C-]C(C)(C)C)C(C)(C)C.[CH-]=CC(=[C-]C(C)(C)C)C(C)(C)C.[W+2].[W+2].[W+2].[W+2].[W+2].[W+2].[W+2]. The van der Waals surface area contributed by atoms with E-state index in [1.807, 2.05) is 42.7 Å². The van der Waals surface area contributed by atoms with E-state index < -0.39 is 0 Å². The van der Waals surface area contributed by atoms with Gasteiger partial charge in [-0.25, -0.2) is 0 Å². The van der Waals surface area contributed by atoms with Crippen molar-refractivity contribution < 1.29 is 147 Å². The number of pyridine rings is 1. The first-order valence-electron chi connectivity index (χ1n) is 49.3. The molecule has 0 spiro atoms. The zero-order valence-electron chi connectivity index (χ0n) is 102. The minimum absolute atomic E-state index is 0. The van der Waals surface area contributed by atoms with E-state index in [0.29, 0.717) is 0 Å². The first kappa shape index (κ1) is 164. The van der Waals surface area contributed by atoms with Crippen LogP contribution in [0.15, 0.2) is 174 Å². The van der Waals surface area contributed by atoms with Crippen molar-refractivity contribution in [2.24, 2.45) is 75.8 Å². The molecule has 0 bridgehead atoms. The second kappa shape index (κ2) is 66.5. The van der Waals surface area contributed by atoms with Crippen LogP contribution >= 0.6 is 0 Å². The molecule has 0 N–H and O–H groups in total. The molecule has 1 aromatic heterocycles. The van der Waals surface area contributed by atoms with Gasteiger partial charge in [-0.3, -0.25) is 4.98 Å². The summed E-state index contributed by atoms with van der Waals surface area (Å²) in [7, 11) is 0. The van der Waals surface area contributed by atoms with Crippen LogP contribution < -0.4 is 0 Å². The molecule has 1 heterocycles. The second-order valence-corrected chi connectivity index (χ2v) is 56.7. The molecule has 0 atom stereocenters. The van der Waals surface area contributed by atoms with Gasteiger partial charge in [0.25, 0.3) is 0 Å². The Hall–Kier alpha value is -2.27. The van der Waals surface area contributed by atoms with Gasteiger partial charge in [0.2, 0.25) is 0 Å². The third-order valence-electron chi connectivity index (χ3n) is 19.2. The van der Waals surface area contributed by atoms with Gasteiger partial charge in [0.05, 0.1) is 0 Å². The fourth-order valence-corrected chi connectivity index (χ4v) is 11.2. The summed E-state index contributed by atoms with van der Waals surface area (Å²) in [5.74, 6) is 0. The maximum Gasteiger partial charge on any atom is 2.00 e. The second-order valence-electron chi connectivity index (χ2n) is 56.7. The monoisotopic (exact) mass is 3110 g/mol. The van der Waals surface area contributed by atoms with Gasteiger partial charge in [-0.2, -0.15) is 0 Å². The minimum Gasteiger partial charge on any atom is -0.394 e. The molecular weight excluding hydrogens is 2900 g/mol. The number of aromatic nitrogens is 1. The Kier molecular flexibility index (Phi) is 77.3. The number of hydrogen-bond donors (Lipinski definition) is 0. The quantitative estimate of drug-likeness (QED) is 0.117. The Morgan fingerprint density at radius 3 is 0.589 bits per heavy atom. The molecule has 141 heavy (non-hydrogen) atoms. The van der Waals surface area contributed by atoms with Crippen LogP contribution in [0.3, 0.4) is 0 Å². The van der Waals surface area contributed by atoms with E-state index >= 15 is 0 Å². The summed E-state index contributed by atoms with van der Waals surface area (Å²) in [6, 6.07) is 31.1. The molecule has 5 rings (SSSR count). The number of nitrogens with zero attached hydrogens (tertiary/aromatic N) is 1. The van der Waals surface area contributed by atoms with Crippen molar-refractivity contribution in [3.05, 3.63) is 295 Å². The van der Waals surface area contributed by atoms with Crippen LogP contribution in [0, 0.1) is 163 Å². The number of allylic oxidation sites excluding steroid dienone is 23. The van der Waals surface area contributed by atoms with Gasteiger partial charge in [0.1, 0.15) is 0 Å². The number of fused-ring (bicyclic) bond motifs is 2. The van der Waals surface area contributed by atoms with Gasteiger partial charge in [0, 0.05) is 17.3 Å². The van der Waals surface area contributed by atoms with Crippen LogP contribution in [0.25, 0.3) is 21.5 Å². The minimum atomic E-state index is 0. The molecule has 0 aliphatic rings. The van der Waals surface area contributed by atoms with Crippen molar-refractivity contribution >= 4 is 21.5 Å². The molecule has 5 aromatic rings. The van der Waals surface area contributed by atoms with Crippen LogP contribution in [-0.2, 0) is 180 Å². The fraction of sp³-hybridized carbons (Fsp3) is 0.602. The predicted molar refractivity (Wildman–Crippen MR) is 606 cm³/mol. The van der Waals surface area contributed by atoms with Gasteiger partial charge in [0.15, 0.2) is 0 Å². The van der Waals surface area contributed by atoms with Gasteiger partial charge in [-0.15, -0.1) is 75.8 Å². The summed E-state index contributed by atoms with van der Waals surface area (Å²) in [6.45, 7) is 158. The van der Waals surface area contributed by atoms with Crippen LogP contribution in [-0.4, -0.2) is 4.98 Å². The third kappa shape index (κ3) is 86.0. The largest absolute Gasteiger partial charge is 2.00 e. The van der Waals surface area contributed by atoms with E-state index in [1.54, 1.807) is 18.2 Å². The molecule has 0 saturated heterocycles. The van der Waals surface area contributed by atoms with Gasteiger partial charge < -0.3 is 170 Å². The average Bonchev–Trinajstić information content (AvgIpc) is 0.769. The zero-order valence-corrected chi connectivity index (χ0v) is 123. The smallest absolute Gasteiger partial charge is 0.394 e. The van der Waals surface area contributed by atoms with E-state index in [0.717, 1.165) is 33.6 Å². The van der Waals surface area contributed by atoms with E-state index in [-0.39, 0.29) is 256 Å². The van der Waals surface area contributed by atoms with Crippen molar-refractivity contribution in [2.75, 3.05) is 0 Å². The van der Waals surface area contributed by atoms with E-state index in [4.69, 9.17) is 32.9 Å². The maximum atomic E-state index is 5.86. The Labute approximate surface area is 982 Å². The average molecular weight is 3110 g/mol. The molecule has 4 aromatic carbocycles. The van der Waals surface area contributed by atoms with Crippen LogP contribution in [0.1, 0.15) is 449 Å². The Bertz CT molecular complexity index is 4260. The van der Waals surface area contributed by atoms with Crippen molar-refractivity contribution in [3.8, 4) is 0 Å². The normalized spacial score (nSPS) is 13.2. The van der Waals surface area contributed by atoms with Crippen molar-refractivity contribution in [1.82, 2.24) is 4.98 Å². The van der Waals surface area contributed by atoms with Gasteiger partial charge in [-0.05, 0) is 82.5 Å². The van der Waals surface area contributed by atoms with Crippen LogP contribution in [0.2, 0.25) is 0 Å². The van der Waals surface area contributed by atoms with Crippen LogP contribution in [0.4, 0.5) is 0 Å². The fourth-order valence-electron chi connectivity index (χ4n) is 11.2. The molecule has 0 fully saturated rings. The molecule has 0 saturated carbocycles. The van der Waals surface area contributed by atoms with Gasteiger partial charge >= 0.3 is 147 Å². The summed E-state index contributed by atoms with van der Waals surface area (Å²) in [6.07, 6.45) is 48.2. The number of rotatable bonds is 7. The summed E-state index contributed by atoms with van der Waals surface area (Å²) < 4.78 is 0. The Balaban J connectivity index is -0.000000131. The summed E-state index contributed by atoms with van der Waals surface area (Å²) in [5.41, 5.74) is 15.8. The standard InChI is InChI=1S/2C18H24.C13H21N.7C12H20.7W/c1-17(2,3)15-11-13-9-7-8-10-14(13)12-16(15)18(4,5)6;1-17(2,3)15-11-12-16(18(4,5)6)14-10-8-7-9-13(14)15;1-12(2,3)10-7-8-11(14-9-10)13(4,5)6;2*1-10(12(5,6)7)8-9-11(2,3)4;2*1-11(2,3)9-7-8-10-12(4,5)6;3*1-8-10(12(5,6)7)9-11(2,3)4;;;;;;;/h2*7-12H,1-6H3;7-9H,1-6H3;2*1,8H,2-7H3;2*7-8H,1-6H3;3*1,8H,2-7H3;;;;;;;/q;;;7*-2;7*+2. The summed E-state index contributed by atoms with van der Waals surface area (Å²) in [4.78, 5) is 4.52. The molecule has 0 radical (unpaired) electrons. The predicted octanol–water partition coefficient (Wildman–Crippen LogP) is 41.1. The molecule has 0 amide bonds. The first-order chi connectivity index (χ1) is 58.8. The summed E-state index contributed by atoms with van der Waals surface area (Å²) >= 11 is 0. The van der Waals surface area contributed by atoms with Crippen molar-refractivity contribution in [1.29, 1.82) is 0 Å². The van der Waals surface area contributed by atoms with E-state index in [2.05, 4.69) is 560 Å². The Morgan fingerprint density at radius 1 is 0.234 bits per heavy atom. The van der Waals surface area contributed by atoms with Crippen LogP contribution in [0.5, 0.6) is 0 Å². The van der Waals surface area contributed by atoms with E-state index in [9.17, 15) is 0 Å². The zero-order chi connectivity index (χ0) is 108. The molecule has 0 aliphatic heterocycles. The molecule has 8 heteroatoms. The number of benzene rings is 4. The van der Waals surface area contributed by atoms with E-state index in [1.165, 1.54) is 49.4 Å². The third-order valence-corrected chi connectivity index (χ3v) is 19.2. The summed E-state index contributed by atoms with van der Waals surface area (Å²) in [5, 5.41) is 5.49. The topological polar surface area (TPSA) is 12.9 Å². The van der Waals surface area contributed by atoms with Crippen molar-refractivity contribution in [2.45, 2.75) is 448 Å². The Morgan fingerprint density at radius 2 is 0.447 bits per heavy atom. The maximum absolute atomic E-state index is 5.86. The molecule has 1 nitrogen and oxygen atoms in total. The van der Waals surface area contributed by atoms with Gasteiger partial charge in [-0.1, -0.05) is 494 Å². The molecule has 0 unspecified atom stereocenters. The molecule has 0 aliphatic carbocycles. The molecule has 788 valence electrons. The van der Waals surface area contributed by atoms with Crippen molar-refractivity contribution in [3.63, 3.8) is 0 Å². The number of hydrogen-bond acceptors (Lipinski definition) is 1. The first-order valence-corrected chi connectivity index (χ1v) is 49.3.